The molecule has 0 radical (unpaired) electrons. The van der Waals surface area contributed by atoms with E-state index in [0.29, 0.717) is 5.56 Å². The van der Waals surface area contributed by atoms with Crippen LogP contribution >= 0.6 is 0 Å². The van der Waals surface area contributed by atoms with E-state index in [4.69, 9.17) is 4.74 Å². The Morgan fingerprint density at radius 3 is 2.59 bits per heavy atom. The molecule has 0 aromatic heterocycles. The van der Waals surface area contributed by atoms with Gasteiger partial charge in [0, 0.05) is 12.5 Å². The van der Waals surface area contributed by atoms with Crippen molar-refractivity contribution in [2.75, 3.05) is 6.61 Å². The van der Waals surface area contributed by atoms with Crippen LogP contribution in [-0.4, -0.2) is 17.5 Å². The predicted molar refractivity (Wildman–Crippen MR) is 62.7 cm³/mol. The molecule has 0 N–H and O–H groups in total. The van der Waals surface area contributed by atoms with E-state index in [9.17, 15) is 14.9 Å². The number of hydrogen-bond acceptors (Lipinski definition) is 4. The summed E-state index contributed by atoms with van der Waals surface area (Å²) in [5, 5.41) is 10.8. The second-order valence-corrected chi connectivity index (χ2v) is 3.32. The molecule has 17 heavy (non-hydrogen) atoms. The average molecular weight is 235 g/mol. The van der Waals surface area contributed by atoms with Crippen LogP contribution in [0.15, 0.2) is 36.0 Å². The first-order valence-electron chi connectivity index (χ1n) is 5.19. The highest BCUT2D eigenvalue weighted by molar-refractivity contribution is 5.69. The Balaban J connectivity index is 2.76. The minimum Gasteiger partial charge on any atom is -0.454 e. The van der Waals surface area contributed by atoms with Gasteiger partial charge < -0.3 is 4.74 Å². The van der Waals surface area contributed by atoms with Gasteiger partial charge in [0.25, 0.3) is 5.70 Å². The molecule has 0 unspecified atom stereocenters. The molecule has 5 nitrogen and oxygen atoms in total. The summed E-state index contributed by atoms with van der Waals surface area (Å²) in [6.45, 7) is 1.32. The van der Waals surface area contributed by atoms with Gasteiger partial charge >= 0.3 is 5.97 Å². The van der Waals surface area contributed by atoms with E-state index < -0.39 is 10.9 Å². The molecule has 0 amide bonds. The summed E-state index contributed by atoms with van der Waals surface area (Å²) in [6, 6.07) is 8.86. The highest BCUT2D eigenvalue weighted by Crippen LogP contribution is 2.08. The Morgan fingerprint density at radius 2 is 2.06 bits per heavy atom. The Hall–Kier alpha value is -2.17. The minimum absolute atomic E-state index is 0.141. The van der Waals surface area contributed by atoms with E-state index in [1.165, 1.54) is 6.08 Å². The zero-order valence-electron chi connectivity index (χ0n) is 9.46. The molecule has 0 aliphatic heterocycles. The van der Waals surface area contributed by atoms with Crippen molar-refractivity contribution in [2.24, 2.45) is 0 Å². The van der Waals surface area contributed by atoms with Crippen LogP contribution in [0.3, 0.4) is 0 Å². The van der Waals surface area contributed by atoms with Crippen LogP contribution in [0.4, 0.5) is 0 Å². The lowest BCUT2D eigenvalue weighted by molar-refractivity contribution is -0.428. The van der Waals surface area contributed by atoms with Gasteiger partial charge in [0.15, 0.2) is 6.61 Å². The quantitative estimate of drug-likeness (QED) is 0.446. The topological polar surface area (TPSA) is 69.4 Å². The highest BCUT2D eigenvalue weighted by Gasteiger charge is 2.13. The summed E-state index contributed by atoms with van der Waals surface area (Å²) >= 11 is 0. The third-order valence-electron chi connectivity index (χ3n) is 2.04. The van der Waals surface area contributed by atoms with Gasteiger partial charge in [-0.25, -0.2) is 0 Å². The van der Waals surface area contributed by atoms with Gasteiger partial charge in [0.2, 0.25) is 0 Å². The van der Waals surface area contributed by atoms with Crippen LogP contribution in [0.1, 0.15) is 18.9 Å². The first-order valence-corrected chi connectivity index (χ1v) is 5.19. The molecule has 90 valence electrons. The number of carbonyl (C=O) groups excluding carboxylic acids is 1. The Kier molecular flexibility index (Phi) is 4.87. The summed E-state index contributed by atoms with van der Waals surface area (Å²) in [4.78, 5) is 21.1. The number of ether oxygens (including phenoxy) is 1. The number of benzene rings is 1. The maximum Gasteiger partial charge on any atom is 0.306 e. The van der Waals surface area contributed by atoms with Gasteiger partial charge in [-0.15, -0.1) is 0 Å². The number of rotatable bonds is 5. The van der Waals surface area contributed by atoms with Gasteiger partial charge in [-0.05, 0) is 5.56 Å². The van der Waals surface area contributed by atoms with Crippen molar-refractivity contribution in [2.45, 2.75) is 13.3 Å². The summed E-state index contributed by atoms with van der Waals surface area (Å²) in [5.41, 5.74) is 0.560. The fraction of sp³-hybridized carbons (Fsp3) is 0.250. The number of nitro groups is 1. The minimum atomic E-state index is -0.546. The van der Waals surface area contributed by atoms with Crippen LogP contribution < -0.4 is 0 Å². The van der Waals surface area contributed by atoms with Gasteiger partial charge in [-0.1, -0.05) is 37.3 Å². The number of esters is 1. The van der Waals surface area contributed by atoms with Crippen LogP contribution in [0, 0.1) is 10.1 Å². The second-order valence-electron chi connectivity index (χ2n) is 3.32. The van der Waals surface area contributed by atoms with Crippen LogP contribution in [0.2, 0.25) is 0 Å². The maximum atomic E-state index is 10.9. The maximum absolute atomic E-state index is 10.9. The first kappa shape index (κ1) is 12.9. The zero-order valence-corrected chi connectivity index (χ0v) is 9.46. The molecular weight excluding hydrogens is 222 g/mol. The van der Waals surface area contributed by atoms with Gasteiger partial charge in [0.1, 0.15) is 0 Å². The molecule has 0 heterocycles. The standard InChI is InChI=1S/C12H13NO4/c1-2-12(14)17-9-11(13(15)16)8-10-6-4-3-5-7-10/h3-8H,2,9H2,1H3/b11-8+. The summed E-state index contributed by atoms with van der Waals surface area (Å²) in [7, 11) is 0. The van der Waals surface area contributed by atoms with E-state index in [-0.39, 0.29) is 18.7 Å². The van der Waals surface area contributed by atoms with E-state index >= 15 is 0 Å². The van der Waals surface area contributed by atoms with Crippen LogP contribution in [0.25, 0.3) is 6.08 Å². The summed E-state index contributed by atoms with van der Waals surface area (Å²) in [5.74, 6) is -0.453. The molecule has 0 aliphatic carbocycles. The molecule has 0 fully saturated rings. The average Bonchev–Trinajstić information content (AvgIpc) is 2.34. The molecule has 0 bridgehead atoms. The molecule has 5 heteroatoms. The van der Waals surface area contributed by atoms with Crippen molar-refractivity contribution in [3.05, 3.63) is 51.7 Å². The molecule has 1 rings (SSSR count). The van der Waals surface area contributed by atoms with Crippen molar-refractivity contribution < 1.29 is 14.5 Å². The fourth-order valence-corrected chi connectivity index (χ4v) is 1.15. The van der Waals surface area contributed by atoms with E-state index in [0.717, 1.165) is 0 Å². The van der Waals surface area contributed by atoms with Crippen molar-refractivity contribution in [1.82, 2.24) is 0 Å². The monoisotopic (exact) mass is 235 g/mol. The molecule has 0 atom stereocenters. The van der Waals surface area contributed by atoms with Gasteiger partial charge in [-0.2, -0.15) is 0 Å². The Morgan fingerprint density at radius 1 is 1.41 bits per heavy atom. The third kappa shape index (κ3) is 4.46. The SMILES string of the molecule is CCC(=O)OC/C(=C\c1ccccc1)[N+](=O)[O-]. The lowest BCUT2D eigenvalue weighted by Crippen LogP contribution is -2.11. The highest BCUT2D eigenvalue weighted by atomic mass is 16.6. The normalized spacial score (nSPS) is 11.0. The van der Waals surface area contributed by atoms with Gasteiger partial charge in [-0.3, -0.25) is 14.9 Å². The number of carbonyl (C=O) groups is 1. The van der Waals surface area contributed by atoms with Crippen molar-refractivity contribution in [1.29, 1.82) is 0 Å². The lowest BCUT2D eigenvalue weighted by atomic mass is 10.2. The molecule has 0 aliphatic rings. The number of nitrogens with zero attached hydrogens (tertiary/aromatic N) is 1. The van der Waals surface area contributed by atoms with Gasteiger partial charge in [0.05, 0.1) is 4.92 Å². The van der Waals surface area contributed by atoms with E-state index in [2.05, 4.69) is 0 Å². The molecule has 0 saturated carbocycles. The largest absolute Gasteiger partial charge is 0.454 e. The number of hydrogen-bond donors (Lipinski definition) is 0. The molecule has 1 aromatic carbocycles. The second kappa shape index (κ2) is 6.42. The predicted octanol–water partition coefficient (Wildman–Crippen LogP) is 2.26. The summed E-state index contributed by atoms with van der Waals surface area (Å²) in [6.07, 6.45) is 1.60. The van der Waals surface area contributed by atoms with Crippen molar-refractivity contribution in [3.8, 4) is 0 Å². The molecular formula is C12H13NO4. The fourth-order valence-electron chi connectivity index (χ4n) is 1.15. The molecule has 1 aromatic rings. The smallest absolute Gasteiger partial charge is 0.306 e. The van der Waals surface area contributed by atoms with Crippen molar-refractivity contribution >= 4 is 12.0 Å². The Labute approximate surface area is 98.9 Å². The molecule has 0 saturated heterocycles. The molecule has 0 spiro atoms. The van der Waals surface area contributed by atoms with E-state index in [1.54, 1.807) is 31.2 Å². The van der Waals surface area contributed by atoms with Crippen molar-refractivity contribution in [3.63, 3.8) is 0 Å². The third-order valence-corrected chi connectivity index (χ3v) is 2.04. The summed E-state index contributed by atoms with van der Waals surface area (Å²) < 4.78 is 4.74. The lowest BCUT2D eigenvalue weighted by Gasteiger charge is -2.01. The Bertz CT molecular complexity index is 425. The van der Waals surface area contributed by atoms with Crippen LogP contribution in [-0.2, 0) is 9.53 Å². The zero-order chi connectivity index (χ0) is 12.7. The van der Waals surface area contributed by atoms with E-state index in [1.807, 2.05) is 6.07 Å². The van der Waals surface area contributed by atoms with Crippen LogP contribution in [0.5, 0.6) is 0 Å². The first-order chi connectivity index (χ1) is 8.13.